The molecule has 10 heteroatoms. The summed E-state index contributed by atoms with van der Waals surface area (Å²) in [4.78, 5) is 12.5. The molecule has 0 aliphatic rings. The van der Waals surface area contributed by atoms with Gasteiger partial charge in [0.05, 0.1) is 22.6 Å². The number of alkyl halides is 3. The smallest absolute Gasteiger partial charge is 0.416 e. The van der Waals surface area contributed by atoms with Gasteiger partial charge in [-0.3, -0.25) is 9.36 Å². The predicted octanol–water partition coefficient (Wildman–Crippen LogP) is 5.17. The molecule has 0 saturated heterocycles. The lowest BCUT2D eigenvalue weighted by molar-refractivity contribution is -0.137. The molecule has 2 aromatic heterocycles. The van der Waals surface area contributed by atoms with Gasteiger partial charge in [-0.25, -0.2) is 0 Å². The van der Waals surface area contributed by atoms with Crippen LogP contribution in [0.5, 0.6) is 0 Å². The second-order valence-corrected chi connectivity index (χ2v) is 7.73. The van der Waals surface area contributed by atoms with E-state index in [1.165, 1.54) is 23.9 Å². The molecule has 3 rings (SSSR count). The van der Waals surface area contributed by atoms with Crippen LogP contribution in [0.4, 0.5) is 18.9 Å². The number of rotatable bonds is 7. The molecule has 1 atom stereocenters. The van der Waals surface area contributed by atoms with Gasteiger partial charge in [-0.1, -0.05) is 17.8 Å². The van der Waals surface area contributed by atoms with E-state index in [0.717, 1.165) is 17.7 Å². The fraction of sp³-hybridized carbons (Fsp3) is 0.250. The first-order valence-corrected chi connectivity index (χ1v) is 9.82. The molecule has 0 spiro atoms. The van der Waals surface area contributed by atoms with E-state index >= 15 is 0 Å². The number of benzene rings is 1. The van der Waals surface area contributed by atoms with Crippen LogP contribution >= 0.6 is 11.8 Å². The number of anilines is 1. The Morgan fingerprint density at radius 1 is 1.30 bits per heavy atom. The maximum atomic E-state index is 12.7. The zero-order valence-corrected chi connectivity index (χ0v) is 17.0. The molecule has 3 aromatic rings. The average Bonchev–Trinajstić information content (AvgIpc) is 3.28. The number of amides is 1. The number of nitrogens with zero attached hydrogens (tertiary/aromatic N) is 3. The molecule has 2 heterocycles. The van der Waals surface area contributed by atoms with E-state index in [2.05, 4.69) is 22.1 Å². The van der Waals surface area contributed by atoms with Gasteiger partial charge in [0, 0.05) is 12.2 Å². The molecule has 0 fully saturated rings. The van der Waals surface area contributed by atoms with Crippen molar-refractivity contribution in [2.24, 2.45) is 0 Å². The summed E-state index contributed by atoms with van der Waals surface area (Å²) in [5.74, 6) is 0.922. The van der Waals surface area contributed by atoms with E-state index in [4.69, 9.17) is 4.42 Å². The van der Waals surface area contributed by atoms with Gasteiger partial charge < -0.3 is 9.73 Å². The summed E-state index contributed by atoms with van der Waals surface area (Å²) in [5, 5.41) is 11.0. The number of allylic oxidation sites excluding steroid dienone is 1. The molecule has 158 valence electrons. The summed E-state index contributed by atoms with van der Waals surface area (Å²) in [7, 11) is 0. The van der Waals surface area contributed by atoms with Crippen LogP contribution in [0.3, 0.4) is 0 Å². The first-order valence-electron chi connectivity index (χ1n) is 8.94. The number of furan rings is 1. The van der Waals surface area contributed by atoms with Crippen molar-refractivity contribution in [1.29, 1.82) is 0 Å². The van der Waals surface area contributed by atoms with Crippen LogP contribution in [-0.4, -0.2) is 25.9 Å². The fourth-order valence-electron chi connectivity index (χ4n) is 2.68. The van der Waals surface area contributed by atoms with Crippen LogP contribution in [0.2, 0.25) is 0 Å². The minimum Gasteiger partial charge on any atom is -0.469 e. The maximum absolute atomic E-state index is 12.7. The highest BCUT2D eigenvalue weighted by atomic mass is 32.2. The summed E-state index contributed by atoms with van der Waals surface area (Å²) in [5.41, 5.74) is 0.295. The molecule has 0 radical (unpaired) electrons. The normalized spacial score (nSPS) is 12.6. The molecule has 0 saturated carbocycles. The molecular formula is C20H19F3N4O2S. The zero-order chi connectivity index (χ0) is 21.9. The Morgan fingerprint density at radius 2 is 2.00 bits per heavy atom. The largest absolute Gasteiger partial charge is 0.469 e. The van der Waals surface area contributed by atoms with E-state index in [9.17, 15) is 18.0 Å². The molecule has 0 aliphatic carbocycles. The van der Waals surface area contributed by atoms with Gasteiger partial charge in [0.2, 0.25) is 5.91 Å². The Bertz CT molecular complexity index is 1040. The third kappa shape index (κ3) is 4.76. The minimum absolute atomic E-state index is 0.280. The monoisotopic (exact) mass is 436 g/mol. The number of hydrogen-bond acceptors (Lipinski definition) is 5. The van der Waals surface area contributed by atoms with E-state index in [1.54, 1.807) is 25.3 Å². The Kier molecular flexibility index (Phi) is 6.35. The maximum Gasteiger partial charge on any atom is 0.416 e. The Labute approximate surface area is 175 Å². The van der Waals surface area contributed by atoms with Gasteiger partial charge in [-0.05, 0) is 44.2 Å². The third-order valence-corrected chi connectivity index (χ3v) is 5.34. The third-order valence-electron chi connectivity index (χ3n) is 4.26. The molecule has 6 nitrogen and oxygen atoms in total. The zero-order valence-electron chi connectivity index (χ0n) is 16.2. The van der Waals surface area contributed by atoms with Crippen LogP contribution in [0, 0.1) is 6.92 Å². The summed E-state index contributed by atoms with van der Waals surface area (Å²) >= 11 is 1.19. The Hall–Kier alpha value is -3.01. The van der Waals surface area contributed by atoms with Gasteiger partial charge in [0.15, 0.2) is 11.0 Å². The van der Waals surface area contributed by atoms with Crippen molar-refractivity contribution in [3.05, 3.63) is 60.6 Å². The number of aryl methyl sites for hydroxylation is 1. The number of thioether (sulfide) groups is 1. The minimum atomic E-state index is -4.42. The number of aromatic nitrogens is 3. The van der Waals surface area contributed by atoms with Crippen LogP contribution in [-0.2, 0) is 17.5 Å². The molecule has 1 N–H and O–H groups in total. The van der Waals surface area contributed by atoms with E-state index in [1.807, 2.05) is 11.5 Å². The lowest BCUT2D eigenvalue weighted by atomic mass is 10.2. The van der Waals surface area contributed by atoms with Crippen LogP contribution in [0.15, 0.2) is 58.8 Å². The van der Waals surface area contributed by atoms with E-state index in [0.29, 0.717) is 23.3 Å². The SMILES string of the molecule is C=CCn1c(SC(C)C(=O)Nc2ccc(C(F)(F)F)cc2)nnc1-c1ccoc1C. The first kappa shape index (κ1) is 21.7. The first-order chi connectivity index (χ1) is 14.2. The molecule has 1 aromatic carbocycles. The number of nitrogens with one attached hydrogen (secondary N) is 1. The van der Waals surface area contributed by atoms with Crippen molar-refractivity contribution in [3.8, 4) is 11.4 Å². The van der Waals surface area contributed by atoms with Crippen molar-refractivity contribution < 1.29 is 22.4 Å². The fourth-order valence-corrected chi connectivity index (χ4v) is 3.54. The van der Waals surface area contributed by atoms with E-state index < -0.39 is 17.0 Å². The summed E-state index contributed by atoms with van der Waals surface area (Å²) in [6.45, 7) is 7.68. The van der Waals surface area contributed by atoms with Gasteiger partial charge >= 0.3 is 6.18 Å². The molecule has 0 aliphatic heterocycles. The highest BCUT2D eigenvalue weighted by molar-refractivity contribution is 8.00. The standard InChI is InChI=1S/C20H19F3N4O2S/c1-4-10-27-17(16-9-11-29-12(16)2)25-26-19(27)30-13(3)18(28)24-15-7-5-14(6-8-15)20(21,22)23/h4-9,11,13H,1,10H2,2-3H3,(H,24,28). The van der Waals surface area contributed by atoms with Crippen molar-refractivity contribution in [2.45, 2.75) is 37.0 Å². The van der Waals surface area contributed by atoms with Gasteiger partial charge in [-0.2, -0.15) is 13.2 Å². The summed E-state index contributed by atoms with van der Waals surface area (Å²) in [6, 6.07) is 6.08. The summed E-state index contributed by atoms with van der Waals surface area (Å²) < 4.78 is 45.1. The van der Waals surface area contributed by atoms with Gasteiger partial charge in [0.1, 0.15) is 5.76 Å². The topological polar surface area (TPSA) is 73.0 Å². The highest BCUT2D eigenvalue weighted by Gasteiger charge is 2.30. The molecule has 30 heavy (non-hydrogen) atoms. The van der Waals surface area contributed by atoms with Crippen LogP contribution in [0.25, 0.3) is 11.4 Å². The summed E-state index contributed by atoms with van der Waals surface area (Å²) in [6.07, 6.45) is -1.17. The van der Waals surface area contributed by atoms with Crippen LogP contribution in [0.1, 0.15) is 18.2 Å². The molecular weight excluding hydrogens is 417 g/mol. The lowest BCUT2D eigenvalue weighted by Crippen LogP contribution is -2.23. The predicted molar refractivity (Wildman–Crippen MR) is 108 cm³/mol. The number of carbonyl (C=O) groups excluding carboxylic acids is 1. The molecule has 1 amide bonds. The Balaban J connectivity index is 1.73. The van der Waals surface area contributed by atoms with Crippen molar-refractivity contribution >= 4 is 23.4 Å². The Morgan fingerprint density at radius 3 is 2.57 bits per heavy atom. The second-order valence-electron chi connectivity index (χ2n) is 6.42. The quantitative estimate of drug-likeness (QED) is 0.409. The highest BCUT2D eigenvalue weighted by Crippen LogP contribution is 2.31. The van der Waals surface area contributed by atoms with Crippen LogP contribution < -0.4 is 5.32 Å². The second kappa shape index (κ2) is 8.78. The lowest BCUT2D eigenvalue weighted by Gasteiger charge is -2.13. The number of carbonyl (C=O) groups is 1. The van der Waals surface area contributed by atoms with Crippen molar-refractivity contribution in [1.82, 2.24) is 14.8 Å². The molecule has 0 bridgehead atoms. The van der Waals surface area contributed by atoms with Crippen molar-refractivity contribution in [2.75, 3.05) is 5.32 Å². The van der Waals surface area contributed by atoms with E-state index in [-0.39, 0.29) is 11.6 Å². The number of hydrogen-bond donors (Lipinski definition) is 1. The molecule has 1 unspecified atom stereocenters. The average molecular weight is 436 g/mol. The number of halogens is 3. The van der Waals surface area contributed by atoms with Crippen molar-refractivity contribution in [3.63, 3.8) is 0 Å². The van der Waals surface area contributed by atoms with Gasteiger partial charge in [-0.15, -0.1) is 16.8 Å². The van der Waals surface area contributed by atoms with Gasteiger partial charge in [0.25, 0.3) is 0 Å².